The highest BCUT2D eigenvalue weighted by molar-refractivity contribution is 5.75. The lowest BCUT2D eigenvalue weighted by atomic mass is 10.1. The van der Waals surface area contributed by atoms with Gasteiger partial charge in [-0.05, 0) is 38.0 Å². The molecule has 0 fully saturated rings. The summed E-state index contributed by atoms with van der Waals surface area (Å²) in [7, 11) is 0. The van der Waals surface area contributed by atoms with Crippen LogP contribution in [0.2, 0.25) is 0 Å². The van der Waals surface area contributed by atoms with Crippen LogP contribution in [0.5, 0.6) is 0 Å². The third-order valence-electron chi connectivity index (χ3n) is 3.48. The second-order valence-electron chi connectivity index (χ2n) is 5.02. The summed E-state index contributed by atoms with van der Waals surface area (Å²) in [6, 6.07) is 7.38. The van der Waals surface area contributed by atoms with Gasteiger partial charge in [-0.25, -0.2) is 4.68 Å². The predicted octanol–water partition coefficient (Wildman–Crippen LogP) is 1.92. The van der Waals surface area contributed by atoms with E-state index >= 15 is 0 Å². The Labute approximate surface area is 124 Å². The Balaban J connectivity index is 2.22. The number of rotatable bonds is 5. The summed E-state index contributed by atoms with van der Waals surface area (Å²) < 4.78 is 6.81. The second kappa shape index (κ2) is 6.54. The van der Waals surface area contributed by atoms with Gasteiger partial charge in [-0.15, -0.1) is 0 Å². The molecule has 5 nitrogen and oxygen atoms in total. The van der Waals surface area contributed by atoms with E-state index < -0.39 is 6.04 Å². The zero-order chi connectivity index (χ0) is 15.4. The van der Waals surface area contributed by atoms with Crippen molar-refractivity contribution in [3.8, 4) is 5.69 Å². The molecule has 2 N–H and O–H groups in total. The van der Waals surface area contributed by atoms with Crippen molar-refractivity contribution in [1.29, 1.82) is 0 Å². The molecule has 1 atom stereocenters. The van der Waals surface area contributed by atoms with Gasteiger partial charge in [0, 0.05) is 12.1 Å². The van der Waals surface area contributed by atoms with E-state index in [9.17, 15) is 4.79 Å². The van der Waals surface area contributed by atoms with Gasteiger partial charge in [0.25, 0.3) is 0 Å². The molecule has 0 aliphatic heterocycles. The topological polar surface area (TPSA) is 70.1 Å². The van der Waals surface area contributed by atoms with E-state index in [1.165, 1.54) is 0 Å². The number of ether oxygens (including phenoxy) is 1. The number of nitrogens with zero attached hydrogens (tertiary/aromatic N) is 2. The van der Waals surface area contributed by atoms with Gasteiger partial charge in [0.1, 0.15) is 6.04 Å². The Bertz CT molecular complexity index is 634. The van der Waals surface area contributed by atoms with Gasteiger partial charge in [0.2, 0.25) is 0 Å². The lowest BCUT2D eigenvalue weighted by Crippen LogP contribution is -2.34. The molecule has 0 aliphatic rings. The number of nitrogens with two attached hydrogens (primary N) is 1. The molecule has 5 heteroatoms. The van der Waals surface area contributed by atoms with E-state index in [4.69, 9.17) is 10.5 Å². The lowest BCUT2D eigenvalue weighted by Gasteiger charge is -2.11. The van der Waals surface area contributed by atoms with Crippen LogP contribution in [0.4, 0.5) is 0 Å². The quantitative estimate of drug-likeness (QED) is 0.853. The van der Waals surface area contributed by atoms with Crippen molar-refractivity contribution in [2.45, 2.75) is 33.2 Å². The molecule has 1 unspecified atom stereocenters. The zero-order valence-electron chi connectivity index (χ0n) is 12.7. The monoisotopic (exact) mass is 287 g/mol. The highest BCUT2D eigenvalue weighted by atomic mass is 16.5. The highest BCUT2D eigenvalue weighted by Gasteiger charge is 2.18. The van der Waals surface area contributed by atoms with Crippen molar-refractivity contribution < 1.29 is 9.53 Å². The number of carbonyl (C=O) groups excluding carboxylic acids is 1. The van der Waals surface area contributed by atoms with Crippen LogP contribution in [0.1, 0.15) is 23.7 Å². The smallest absolute Gasteiger partial charge is 0.323 e. The van der Waals surface area contributed by atoms with Crippen molar-refractivity contribution in [2.75, 3.05) is 6.61 Å². The third-order valence-corrected chi connectivity index (χ3v) is 3.48. The molecule has 1 heterocycles. The largest absolute Gasteiger partial charge is 0.465 e. The van der Waals surface area contributed by atoms with Crippen LogP contribution in [0.3, 0.4) is 0 Å². The average Bonchev–Trinajstić information content (AvgIpc) is 2.81. The number of para-hydroxylation sites is 1. The van der Waals surface area contributed by atoms with E-state index in [-0.39, 0.29) is 5.97 Å². The molecule has 1 aromatic heterocycles. The van der Waals surface area contributed by atoms with Gasteiger partial charge in [-0.3, -0.25) is 4.79 Å². The van der Waals surface area contributed by atoms with Gasteiger partial charge in [-0.1, -0.05) is 18.2 Å². The summed E-state index contributed by atoms with van der Waals surface area (Å²) in [6.45, 7) is 6.13. The number of hydrogen-bond acceptors (Lipinski definition) is 4. The van der Waals surface area contributed by atoms with Gasteiger partial charge < -0.3 is 10.5 Å². The van der Waals surface area contributed by atoms with Crippen molar-refractivity contribution in [3.63, 3.8) is 0 Å². The number of aryl methyl sites for hydroxylation is 1. The average molecular weight is 287 g/mol. The van der Waals surface area contributed by atoms with E-state index in [1.807, 2.05) is 42.8 Å². The Hall–Kier alpha value is -2.14. The van der Waals surface area contributed by atoms with Gasteiger partial charge in [0.05, 0.1) is 18.5 Å². The summed E-state index contributed by atoms with van der Waals surface area (Å²) in [5.74, 6) is -0.374. The van der Waals surface area contributed by atoms with Crippen LogP contribution in [0.15, 0.2) is 30.5 Å². The fourth-order valence-corrected chi connectivity index (χ4v) is 2.26. The van der Waals surface area contributed by atoms with Crippen molar-refractivity contribution in [1.82, 2.24) is 9.78 Å². The predicted molar refractivity (Wildman–Crippen MR) is 81.4 cm³/mol. The summed E-state index contributed by atoms with van der Waals surface area (Å²) in [4.78, 5) is 11.6. The highest BCUT2D eigenvalue weighted by Crippen LogP contribution is 2.18. The molecule has 0 radical (unpaired) electrons. The maximum atomic E-state index is 11.6. The molecular weight excluding hydrogens is 266 g/mol. The minimum Gasteiger partial charge on any atom is -0.465 e. The molecular formula is C16H21N3O2. The van der Waals surface area contributed by atoms with Crippen LogP contribution in [0, 0.1) is 13.8 Å². The maximum absolute atomic E-state index is 11.6. The number of benzene rings is 1. The SMILES string of the molecule is CCOC(=O)C(N)Cc1cnn(-c2ccccc2C)c1C. The number of esters is 1. The first kappa shape index (κ1) is 15.3. The number of carbonyl (C=O) groups is 1. The van der Waals surface area contributed by atoms with Crippen LogP contribution < -0.4 is 5.73 Å². The maximum Gasteiger partial charge on any atom is 0.323 e. The summed E-state index contributed by atoms with van der Waals surface area (Å²) >= 11 is 0. The third kappa shape index (κ3) is 3.31. The summed E-state index contributed by atoms with van der Waals surface area (Å²) in [5, 5.41) is 4.41. The first-order chi connectivity index (χ1) is 10.0. The minimum atomic E-state index is -0.654. The Morgan fingerprint density at radius 1 is 1.38 bits per heavy atom. The molecule has 0 spiro atoms. The van der Waals surface area contributed by atoms with Crippen molar-refractivity contribution >= 4 is 5.97 Å². The van der Waals surface area contributed by atoms with Crippen molar-refractivity contribution in [2.24, 2.45) is 5.73 Å². The number of hydrogen-bond donors (Lipinski definition) is 1. The first-order valence-corrected chi connectivity index (χ1v) is 7.06. The molecule has 0 bridgehead atoms. The van der Waals surface area contributed by atoms with E-state index in [0.29, 0.717) is 13.0 Å². The van der Waals surface area contributed by atoms with E-state index in [2.05, 4.69) is 5.10 Å². The summed E-state index contributed by atoms with van der Waals surface area (Å²) in [5.41, 5.74) is 9.99. The zero-order valence-corrected chi connectivity index (χ0v) is 12.7. The molecule has 112 valence electrons. The Kier molecular flexibility index (Phi) is 4.75. The summed E-state index contributed by atoms with van der Waals surface area (Å²) in [6.07, 6.45) is 2.19. The van der Waals surface area contributed by atoms with Crippen LogP contribution >= 0.6 is 0 Å². The van der Waals surface area contributed by atoms with E-state index in [1.54, 1.807) is 13.1 Å². The molecule has 0 aliphatic carbocycles. The molecule has 21 heavy (non-hydrogen) atoms. The molecule has 2 aromatic rings. The van der Waals surface area contributed by atoms with Crippen LogP contribution in [0.25, 0.3) is 5.69 Å². The number of aromatic nitrogens is 2. The van der Waals surface area contributed by atoms with Crippen LogP contribution in [-0.4, -0.2) is 28.4 Å². The molecule has 0 saturated heterocycles. The first-order valence-electron chi connectivity index (χ1n) is 7.06. The Morgan fingerprint density at radius 2 is 2.10 bits per heavy atom. The normalized spacial score (nSPS) is 12.2. The van der Waals surface area contributed by atoms with Gasteiger partial charge in [0.15, 0.2) is 0 Å². The molecule has 0 saturated carbocycles. The molecule has 1 aromatic carbocycles. The molecule has 2 rings (SSSR count). The lowest BCUT2D eigenvalue weighted by molar-refractivity contribution is -0.144. The van der Waals surface area contributed by atoms with Crippen LogP contribution in [-0.2, 0) is 16.0 Å². The fourth-order valence-electron chi connectivity index (χ4n) is 2.26. The standard InChI is InChI=1S/C16H21N3O2/c1-4-21-16(20)14(17)9-13-10-18-19(12(13)3)15-8-6-5-7-11(15)2/h5-8,10,14H,4,9,17H2,1-3H3. The fraction of sp³-hybridized carbons (Fsp3) is 0.375. The van der Waals surface area contributed by atoms with Crippen molar-refractivity contribution in [3.05, 3.63) is 47.3 Å². The Morgan fingerprint density at radius 3 is 2.76 bits per heavy atom. The van der Waals surface area contributed by atoms with Gasteiger partial charge in [-0.2, -0.15) is 5.10 Å². The second-order valence-corrected chi connectivity index (χ2v) is 5.02. The van der Waals surface area contributed by atoms with Gasteiger partial charge >= 0.3 is 5.97 Å². The van der Waals surface area contributed by atoms with E-state index in [0.717, 1.165) is 22.5 Å². The minimum absolute atomic E-state index is 0.341. The molecule has 0 amide bonds.